The first kappa shape index (κ1) is 16.3. The molecule has 3 aromatic rings. The Morgan fingerprint density at radius 2 is 1.88 bits per heavy atom. The standard InChI is InChI=1S/C15H10ClN3O4S/c16-14-11-2-1-7-17-13(11)12(8-18-14)19(24(22)23)10-5-3-9(4-6-10)15(20)21/h1-8H,(H,20,21)(H,22,23). The molecular weight excluding hydrogens is 354 g/mol. The third-order valence-corrected chi connectivity index (χ3v) is 4.32. The van der Waals surface area contributed by atoms with Crippen molar-refractivity contribution in [3.8, 4) is 0 Å². The first-order valence-electron chi connectivity index (χ1n) is 6.62. The van der Waals surface area contributed by atoms with Crippen LogP contribution in [0.4, 0.5) is 11.4 Å². The summed E-state index contributed by atoms with van der Waals surface area (Å²) in [4.78, 5) is 19.2. The summed E-state index contributed by atoms with van der Waals surface area (Å²) in [5.41, 5.74) is 1.07. The maximum atomic E-state index is 11.9. The fourth-order valence-electron chi connectivity index (χ4n) is 2.23. The van der Waals surface area contributed by atoms with Gasteiger partial charge in [0.15, 0.2) is 0 Å². The predicted molar refractivity (Wildman–Crippen MR) is 90.9 cm³/mol. The van der Waals surface area contributed by atoms with Gasteiger partial charge in [0.1, 0.15) is 10.8 Å². The largest absolute Gasteiger partial charge is 0.478 e. The second kappa shape index (κ2) is 6.52. The van der Waals surface area contributed by atoms with E-state index in [9.17, 15) is 13.6 Å². The third-order valence-electron chi connectivity index (χ3n) is 3.30. The van der Waals surface area contributed by atoms with Crippen LogP contribution in [0.3, 0.4) is 0 Å². The van der Waals surface area contributed by atoms with Gasteiger partial charge >= 0.3 is 5.97 Å². The van der Waals surface area contributed by atoms with Crippen molar-refractivity contribution in [3.63, 3.8) is 0 Å². The van der Waals surface area contributed by atoms with E-state index in [2.05, 4.69) is 9.97 Å². The summed E-state index contributed by atoms with van der Waals surface area (Å²) in [5.74, 6) is -1.08. The van der Waals surface area contributed by atoms with Gasteiger partial charge in [-0.15, -0.1) is 0 Å². The van der Waals surface area contributed by atoms with Crippen LogP contribution in [0.25, 0.3) is 10.9 Å². The maximum absolute atomic E-state index is 11.9. The van der Waals surface area contributed by atoms with Crippen LogP contribution < -0.4 is 4.31 Å². The molecule has 0 radical (unpaired) electrons. The monoisotopic (exact) mass is 363 g/mol. The molecule has 0 saturated heterocycles. The molecule has 0 aliphatic rings. The molecule has 0 aliphatic heterocycles. The molecule has 3 rings (SSSR count). The number of halogens is 1. The number of aromatic carboxylic acids is 1. The second-order valence-electron chi connectivity index (χ2n) is 4.71. The number of benzene rings is 1. The summed E-state index contributed by atoms with van der Waals surface area (Å²) in [5, 5.41) is 9.72. The predicted octanol–water partition coefficient (Wildman–Crippen LogP) is 3.26. The van der Waals surface area contributed by atoms with Gasteiger partial charge in [-0.3, -0.25) is 9.54 Å². The summed E-state index contributed by atoms with van der Waals surface area (Å²) in [7, 11) is 0. The number of carboxylic acid groups (broad SMARTS) is 1. The number of aromatic nitrogens is 2. The normalized spacial score (nSPS) is 12.1. The number of hydrogen-bond donors (Lipinski definition) is 2. The molecule has 2 aromatic heterocycles. The van der Waals surface area contributed by atoms with E-state index >= 15 is 0 Å². The van der Waals surface area contributed by atoms with Gasteiger partial charge < -0.3 is 5.11 Å². The SMILES string of the molecule is O=C(O)c1ccc(N(c2cnc(Cl)c3cccnc23)S(=O)O)cc1. The molecule has 0 amide bonds. The van der Waals surface area contributed by atoms with Gasteiger partial charge in [-0.25, -0.2) is 18.3 Å². The minimum absolute atomic E-state index is 0.0691. The Labute approximate surface area is 144 Å². The van der Waals surface area contributed by atoms with Gasteiger partial charge in [0.25, 0.3) is 11.3 Å². The number of rotatable bonds is 4. The second-order valence-corrected chi connectivity index (χ2v) is 5.90. The lowest BCUT2D eigenvalue weighted by atomic mass is 10.2. The highest BCUT2D eigenvalue weighted by atomic mass is 35.5. The summed E-state index contributed by atoms with van der Waals surface area (Å²) in [6.07, 6.45) is 2.88. The quantitative estimate of drug-likeness (QED) is 0.544. The van der Waals surface area contributed by atoms with Crippen molar-refractivity contribution < 1.29 is 18.7 Å². The Morgan fingerprint density at radius 1 is 1.17 bits per heavy atom. The molecule has 0 aliphatic carbocycles. The minimum atomic E-state index is -2.42. The Kier molecular flexibility index (Phi) is 4.43. The van der Waals surface area contributed by atoms with E-state index in [0.717, 1.165) is 4.31 Å². The maximum Gasteiger partial charge on any atom is 0.335 e. The molecule has 2 heterocycles. The first-order valence-corrected chi connectivity index (χ1v) is 8.07. The average Bonchev–Trinajstić information content (AvgIpc) is 2.57. The Morgan fingerprint density at radius 3 is 2.50 bits per heavy atom. The van der Waals surface area contributed by atoms with Crippen LogP contribution in [0.2, 0.25) is 5.15 Å². The zero-order valence-electron chi connectivity index (χ0n) is 12.0. The average molecular weight is 364 g/mol. The zero-order chi connectivity index (χ0) is 17.3. The number of anilines is 2. The smallest absolute Gasteiger partial charge is 0.335 e. The van der Waals surface area contributed by atoms with E-state index in [1.807, 2.05) is 0 Å². The molecule has 7 nitrogen and oxygen atoms in total. The molecule has 1 unspecified atom stereocenters. The van der Waals surface area contributed by atoms with E-state index < -0.39 is 17.2 Å². The Hall–Kier alpha value is -2.55. The van der Waals surface area contributed by atoms with Crippen molar-refractivity contribution in [3.05, 3.63) is 59.5 Å². The van der Waals surface area contributed by atoms with E-state index in [1.54, 1.807) is 12.1 Å². The van der Waals surface area contributed by atoms with Gasteiger partial charge in [-0.2, -0.15) is 0 Å². The van der Waals surface area contributed by atoms with Crippen molar-refractivity contribution in [2.75, 3.05) is 4.31 Å². The van der Waals surface area contributed by atoms with Crippen LogP contribution in [-0.4, -0.2) is 29.8 Å². The molecule has 0 fully saturated rings. The molecule has 1 aromatic carbocycles. The summed E-state index contributed by atoms with van der Waals surface area (Å²) < 4.78 is 22.7. The third kappa shape index (κ3) is 2.94. The molecule has 0 saturated carbocycles. The van der Waals surface area contributed by atoms with Gasteiger partial charge in [0.05, 0.1) is 23.0 Å². The Balaban J connectivity index is 2.18. The topological polar surface area (TPSA) is 104 Å². The summed E-state index contributed by atoms with van der Waals surface area (Å²) >= 11 is 3.62. The van der Waals surface area contributed by atoms with Crippen molar-refractivity contribution in [1.29, 1.82) is 0 Å². The highest BCUT2D eigenvalue weighted by Gasteiger charge is 2.20. The lowest BCUT2D eigenvalue weighted by Crippen LogP contribution is -2.20. The van der Waals surface area contributed by atoms with Crippen molar-refractivity contribution in [2.45, 2.75) is 0 Å². The number of hydrogen-bond acceptors (Lipinski definition) is 4. The first-order chi connectivity index (χ1) is 11.5. The molecule has 0 bridgehead atoms. The van der Waals surface area contributed by atoms with Gasteiger partial charge in [0.2, 0.25) is 0 Å². The van der Waals surface area contributed by atoms with Crippen molar-refractivity contribution in [2.24, 2.45) is 0 Å². The van der Waals surface area contributed by atoms with E-state index in [4.69, 9.17) is 16.7 Å². The fourth-order valence-corrected chi connectivity index (χ4v) is 3.03. The highest BCUT2D eigenvalue weighted by molar-refractivity contribution is 7.81. The van der Waals surface area contributed by atoms with Gasteiger partial charge in [-0.05, 0) is 36.4 Å². The van der Waals surface area contributed by atoms with Crippen LogP contribution in [0, 0.1) is 0 Å². The van der Waals surface area contributed by atoms with Crippen molar-refractivity contribution >= 4 is 51.1 Å². The number of nitrogens with zero attached hydrogens (tertiary/aromatic N) is 3. The number of fused-ring (bicyclic) bond motifs is 1. The Bertz CT molecular complexity index is 949. The van der Waals surface area contributed by atoms with Crippen molar-refractivity contribution in [1.82, 2.24) is 9.97 Å². The fraction of sp³-hybridized carbons (Fsp3) is 0. The summed E-state index contributed by atoms with van der Waals surface area (Å²) in [6, 6.07) is 8.93. The lowest BCUT2D eigenvalue weighted by molar-refractivity contribution is 0.0697. The molecule has 1 atom stereocenters. The van der Waals surface area contributed by atoms with E-state index in [-0.39, 0.29) is 16.4 Å². The molecule has 9 heteroatoms. The minimum Gasteiger partial charge on any atom is -0.478 e. The summed E-state index contributed by atoms with van der Waals surface area (Å²) in [6.45, 7) is 0. The molecular formula is C15H10ClN3O4S. The van der Waals surface area contributed by atoms with E-state index in [0.29, 0.717) is 16.6 Å². The van der Waals surface area contributed by atoms with Crippen LogP contribution in [0.15, 0.2) is 48.8 Å². The van der Waals surface area contributed by atoms with Crippen LogP contribution in [-0.2, 0) is 11.3 Å². The lowest BCUT2D eigenvalue weighted by Gasteiger charge is -2.21. The molecule has 24 heavy (non-hydrogen) atoms. The van der Waals surface area contributed by atoms with Crippen LogP contribution >= 0.6 is 11.6 Å². The number of carboxylic acids is 1. The van der Waals surface area contributed by atoms with Crippen LogP contribution in [0.5, 0.6) is 0 Å². The highest BCUT2D eigenvalue weighted by Crippen LogP contribution is 2.33. The number of carbonyl (C=O) groups is 1. The zero-order valence-corrected chi connectivity index (χ0v) is 13.5. The van der Waals surface area contributed by atoms with Gasteiger partial charge in [0, 0.05) is 11.6 Å². The molecule has 0 spiro atoms. The van der Waals surface area contributed by atoms with Crippen LogP contribution in [0.1, 0.15) is 10.4 Å². The van der Waals surface area contributed by atoms with Gasteiger partial charge in [-0.1, -0.05) is 11.6 Å². The molecule has 2 N–H and O–H groups in total. The molecule has 122 valence electrons. The number of pyridine rings is 2. The van der Waals surface area contributed by atoms with E-state index in [1.165, 1.54) is 36.7 Å².